The first-order valence-electron chi connectivity index (χ1n) is 15.6. The van der Waals surface area contributed by atoms with Gasteiger partial charge in [-0.05, 0) is 62.4 Å². The standard InChI is InChI=1S/C44H30N2/c1-3-12-31(13-4-1)33-24-26-35(27-25-33)42-30-43(46-44(45-42)41-23-11-17-34-16-7-8-22-40(34)41)39-21-10-20-38(29-39)37-19-9-18-36(28-37)32-14-5-2-6-15-32/h1-30H. The van der Waals surface area contributed by atoms with Crippen LogP contribution in [0, 0.1) is 0 Å². The Morgan fingerprint density at radius 2 is 0.717 bits per heavy atom. The van der Waals surface area contributed by atoms with Crippen LogP contribution < -0.4 is 0 Å². The van der Waals surface area contributed by atoms with Crippen molar-refractivity contribution in [2.24, 2.45) is 0 Å². The van der Waals surface area contributed by atoms with Gasteiger partial charge in [0, 0.05) is 16.7 Å². The largest absolute Gasteiger partial charge is 0.228 e. The maximum Gasteiger partial charge on any atom is 0.161 e. The van der Waals surface area contributed by atoms with Gasteiger partial charge in [0.2, 0.25) is 0 Å². The number of aromatic nitrogens is 2. The highest BCUT2D eigenvalue weighted by atomic mass is 14.9. The minimum atomic E-state index is 0.716. The molecule has 8 rings (SSSR count). The molecule has 0 fully saturated rings. The summed E-state index contributed by atoms with van der Waals surface area (Å²) in [5.41, 5.74) is 12.0. The third kappa shape index (κ3) is 5.49. The van der Waals surface area contributed by atoms with Crippen LogP contribution in [0.5, 0.6) is 0 Å². The maximum atomic E-state index is 5.20. The molecule has 0 saturated carbocycles. The van der Waals surface area contributed by atoms with Gasteiger partial charge in [-0.2, -0.15) is 0 Å². The summed E-state index contributed by atoms with van der Waals surface area (Å²) >= 11 is 0. The van der Waals surface area contributed by atoms with Gasteiger partial charge in [-0.25, -0.2) is 9.97 Å². The first-order valence-corrected chi connectivity index (χ1v) is 15.6. The van der Waals surface area contributed by atoms with E-state index in [2.05, 4.69) is 176 Å². The molecule has 0 unspecified atom stereocenters. The molecule has 0 aliphatic heterocycles. The normalized spacial score (nSPS) is 11.0. The van der Waals surface area contributed by atoms with Crippen LogP contribution in [-0.2, 0) is 0 Å². The Morgan fingerprint density at radius 1 is 0.283 bits per heavy atom. The Hall–Kier alpha value is -6.12. The summed E-state index contributed by atoms with van der Waals surface area (Å²) in [4.78, 5) is 10.4. The van der Waals surface area contributed by atoms with E-state index in [0.29, 0.717) is 5.82 Å². The van der Waals surface area contributed by atoms with Gasteiger partial charge in [-0.15, -0.1) is 0 Å². The third-order valence-electron chi connectivity index (χ3n) is 8.51. The molecule has 0 spiro atoms. The number of nitrogens with zero attached hydrogens (tertiary/aromatic N) is 2. The van der Waals surface area contributed by atoms with Crippen LogP contribution in [0.15, 0.2) is 182 Å². The van der Waals surface area contributed by atoms with Gasteiger partial charge in [0.05, 0.1) is 11.4 Å². The van der Waals surface area contributed by atoms with Crippen LogP contribution >= 0.6 is 0 Å². The summed E-state index contributed by atoms with van der Waals surface area (Å²) < 4.78 is 0. The van der Waals surface area contributed by atoms with E-state index in [1.54, 1.807) is 0 Å². The van der Waals surface area contributed by atoms with E-state index in [-0.39, 0.29) is 0 Å². The van der Waals surface area contributed by atoms with E-state index in [1.165, 1.54) is 33.2 Å². The Balaban J connectivity index is 1.25. The zero-order chi connectivity index (χ0) is 30.7. The van der Waals surface area contributed by atoms with E-state index >= 15 is 0 Å². The van der Waals surface area contributed by atoms with Gasteiger partial charge in [-0.3, -0.25) is 0 Å². The van der Waals surface area contributed by atoms with Crippen molar-refractivity contribution >= 4 is 10.8 Å². The Kier molecular flexibility index (Phi) is 7.22. The zero-order valence-corrected chi connectivity index (χ0v) is 25.2. The predicted molar refractivity (Wildman–Crippen MR) is 192 cm³/mol. The van der Waals surface area contributed by atoms with E-state index in [4.69, 9.17) is 9.97 Å². The van der Waals surface area contributed by atoms with Crippen molar-refractivity contribution in [3.63, 3.8) is 0 Å². The lowest BCUT2D eigenvalue weighted by Gasteiger charge is -2.13. The summed E-state index contributed by atoms with van der Waals surface area (Å²) in [5.74, 6) is 0.716. The van der Waals surface area contributed by atoms with Crippen LogP contribution in [0.2, 0.25) is 0 Å². The molecule has 1 heterocycles. The molecular formula is C44H30N2. The van der Waals surface area contributed by atoms with Gasteiger partial charge in [0.15, 0.2) is 5.82 Å². The molecule has 2 nitrogen and oxygen atoms in total. The SMILES string of the molecule is c1ccc(-c2ccc(-c3cc(-c4cccc(-c5cccc(-c6ccccc6)c5)c4)nc(-c4cccc5ccccc45)n3)cc2)cc1. The number of hydrogen-bond acceptors (Lipinski definition) is 2. The van der Waals surface area contributed by atoms with Crippen molar-refractivity contribution in [2.45, 2.75) is 0 Å². The number of hydrogen-bond donors (Lipinski definition) is 0. The van der Waals surface area contributed by atoms with Crippen LogP contribution in [0.4, 0.5) is 0 Å². The smallest absolute Gasteiger partial charge is 0.161 e. The zero-order valence-electron chi connectivity index (χ0n) is 25.2. The van der Waals surface area contributed by atoms with Crippen molar-refractivity contribution < 1.29 is 0 Å². The number of fused-ring (bicyclic) bond motifs is 1. The van der Waals surface area contributed by atoms with Gasteiger partial charge in [0.25, 0.3) is 0 Å². The highest BCUT2D eigenvalue weighted by Crippen LogP contribution is 2.34. The molecule has 7 aromatic carbocycles. The van der Waals surface area contributed by atoms with Crippen molar-refractivity contribution in [2.75, 3.05) is 0 Å². The summed E-state index contributed by atoms with van der Waals surface area (Å²) in [7, 11) is 0. The predicted octanol–water partition coefficient (Wildman–Crippen LogP) is 11.6. The van der Waals surface area contributed by atoms with Crippen molar-refractivity contribution in [1.29, 1.82) is 0 Å². The first-order chi connectivity index (χ1) is 22.8. The second-order valence-electron chi connectivity index (χ2n) is 11.5. The average molecular weight is 587 g/mol. The fraction of sp³-hybridized carbons (Fsp3) is 0. The van der Waals surface area contributed by atoms with Crippen LogP contribution in [0.1, 0.15) is 0 Å². The molecule has 0 saturated heterocycles. The minimum Gasteiger partial charge on any atom is -0.228 e. The lowest BCUT2D eigenvalue weighted by atomic mass is 9.97. The second kappa shape index (κ2) is 12.1. The summed E-state index contributed by atoms with van der Waals surface area (Å²) in [5, 5.41) is 2.31. The molecule has 0 radical (unpaired) electrons. The second-order valence-corrected chi connectivity index (χ2v) is 11.5. The first kappa shape index (κ1) is 27.4. The fourth-order valence-corrected chi connectivity index (χ4v) is 6.11. The molecule has 8 aromatic rings. The van der Waals surface area contributed by atoms with Crippen molar-refractivity contribution in [1.82, 2.24) is 9.97 Å². The summed E-state index contributed by atoms with van der Waals surface area (Å²) in [6, 6.07) is 63.9. The highest BCUT2D eigenvalue weighted by Gasteiger charge is 2.14. The Labute approximate surface area is 269 Å². The van der Waals surface area contributed by atoms with E-state index < -0.39 is 0 Å². The van der Waals surface area contributed by atoms with Crippen LogP contribution in [0.25, 0.3) is 78.1 Å². The number of rotatable bonds is 6. The van der Waals surface area contributed by atoms with Crippen LogP contribution in [0.3, 0.4) is 0 Å². The summed E-state index contributed by atoms with van der Waals surface area (Å²) in [6.45, 7) is 0. The molecule has 46 heavy (non-hydrogen) atoms. The molecule has 0 bridgehead atoms. The fourth-order valence-electron chi connectivity index (χ4n) is 6.11. The van der Waals surface area contributed by atoms with Gasteiger partial charge in [-0.1, -0.05) is 164 Å². The van der Waals surface area contributed by atoms with E-state index in [1.807, 2.05) is 6.07 Å². The molecular weight excluding hydrogens is 556 g/mol. The molecule has 0 aliphatic carbocycles. The molecule has 0 N–H and O–H groups in total. The molecule has 0 aliphatic rings. The van der Waals surface area contributed by atoms with Gasteiger partial charge in [0.1, 0.15) is 0 Å². The molecule has 0 atom stereocenters. The minimum absolute atomic E-state index is 0.716. The monoisotopic (exact) mass is 586 g/mol. The lowest BCUT2D eigenvalue weighted by molar-refractivity contribution is 1.19. The van der Waals surface area contributed by atoms with Crippen molar-refractivity contribution in [3.8, 4) is 67.3 Å². The molecule has 216 valence electrons. The van der Waals surface area contributed by atoms with Crippen LogP contribution in [-0.4, -0.2) is 9.97 Å². The quantitative estimate of drug-likeness (QED) is 0.194. The van der Waals surface area contributed by atoms with Gasteiger partial charge >= 0.3 is 0 Å². The lowest BCUT2D eigenvalue weighted by Crippen LogP contribution is -1.97. The molecule has 0 amide bonds. The Bertz CT molecular complexity index is 2280. The maximum absolute atomic E-state index is 5.20. The van der Waals surface area contributed by atoms with E-state index in [9.17, 15) is 0 Å². The third-order valence-corrected chi connectivity index (χ3v) is 8.51. The molecule has 2 heteroatoms. The van der Waals surface area contributed by atoms with Gasteiger partial charge < -0.3 is 0 Å². The van der Waals surface area contributed by atoms with Crippen molar-refractivity contribution in [3.05, 3.63) is 182 Å². The molecule has 1 aromatic heterocycles. The summed E-state index contributed by atoms with van der Waals surface area (Å²) in [6.07, 6.45) is 0. The average Bonchev–Trinajstić information content (AvgIpc) is 3.15. The number of benzene rings is 7. The van der Waals surface area contributed by atoms with E-state index in [0.717, 1.165) is 39.0 Å². The topological polar surface area (TPSA) is 25.8 Å². The highest BCUT2D eigenvalue weighted by molar-refractivity contribution is 5.95. The Morgan fingerprint density at radius 3 is 1.41 bits per heavy atom.